The van der Waals surface area contributed by atoms with Gasteiger partial charge in [-0.1, -0.05) is 35.9 Å². The highest BCUT2D eigenvalue weighted by Crippen LogP contribution is 2.36. The van der Waals surface area contributed by atoms with Crippen LogP contribution >= 0.6 is 0 Å². The van der Waals surface area contributed by atoms with Crippen LogP contribution in [0.4, 0.5) is 0 Å². The molecule has 1 saturated carbocycles. The number of nitrogens with zero attached hydrogens (tertiary/aromatic N) is 1. The fourth-order valence-electron chi connectivity index (χ4n) is 2.84. The van der Waals surface area contributed by atoms with Gasteiger partial charge in [0, 0.05) is 18.8 Å². The first-order valence-electron chi connectivity index (χ1n) is 7.43. The van der Waals surface area contributed by atoms with Gasteiger partial charge in [0.2, 0.25) is 0 Å². The number of rotatable bonds is 4. The van der Waals surface area contributed by atoms with Crippen molar-refractivity contribution in [2.24, 2.45) is 0 Å². The van der Waals surface area contributed by atoms with Crippen LogP contribution < -0.4 is 5.32 Å². The van der Waals surface area contributed by atoms with Crippen LogP contribution in [0.15, 0.2) is 42.6 Å². The van der Waals surface area contributed by atoms with Crippen LogP contribution in [-0.2, 0) is 6.54 Å². The summed E-state index contributed by atoms with van der Waals surface area (Å²) in [7, 11) is 0. The van der Waals surface area contributed by atoms with E-state index < -0.39 is 0 Å². The molecule has 2 nitrogen and oxygen atoms in total. The van der Waals surface area contributed by atoms with E-state index in [0.29, 0.717) is 6.04 Å². The summed E-state index contributed by atoms with van der Waals surface area (Å²) in [5, 5.41) is 3.62. The summed E-state index contributed by atoms with van der Waals surface area (Å²) in [6.07, 6.45) is 4.36. The monoisotopic (exact) mass is 266 g/mol. The molecule has 1 N–H and O–H groups in total. The second kappa shape index (κ2) is 5.76. The number of aryl methyl sites for hydroxylation is 2. The quantitative estimate of drug-likeness (QED) is 0.912. The third kappa shape index (κ3) is 2.91. The van der Waals surface area contributed by atoms with Gasteiger partial charge in [-0.3, -0.25) is 4.98 Å². The largest absolute Gasteiger partial charge is 0.308 e. The van der Waals surface area contributed by atoms with E-state index in [0.717, 1.165) is 12.5 Å². The van der Waals surface area contributed by atoms with Gasteiger partial charge in [-0.2, -0.15) is 0 Å². The second-order valence-corrected chi connectivity index (χ2v) is 5.92. The van der Waals surface area contributed by atoms with Crippen LogP contribution in [0.2, 0.25) is 0 Å². The molecule has 1 aliphatic carbocycles. The maximum atomic E-state index is 4.43. The van der Waals surface area contributed by atoms with E-state index >= 15 is 0 Å². The second-order valence-electron chi connectivity index (χ2n) is 5.92. The van der Waals surface area contributed by atoms with Crippen LogP contribution in [0.3, 0.4) is 0 Å². The minimum absolute atomic E-state index is 0.641. The zero-order valence-corrected chi connectivity index (χ0v) is 12.3. The van der Waals surface area contributed by atoms with Gasteiger partial charge in [0.05, 0.1) is 5.69 Å². The van der Waals surface area contributed by atoms with Crippen molar-refractivity contribution in [1.29, 1.82) is 0 Å². The van der Waals surface area contributed by atoms with Crippen molar-refractivity contribution in [3.8, 4) is 0 Å². The average molecular weight is 266 g/mol. The third-order valence-electron chi connectivity index (χ3n) is 4.36. The normalized spacial score (nSPS) is 21.5. The van der Waals surface area contributed by atoms with Crippen molar-refractivity contribution in [3.05, 3.63) is 65.0 Å². The Labute approximate surface area is 121 Å². The topological polar surface area (TPSA) is 24.9 Å². The molecule has 3 rings (SSSR count). The molecule has 2 aromatic rings. The van der Waals surface area contributed by atoms with E-state index in [4.69, 9.17) is 0 Å². The Bertz CT molecular complexity index is 568. The predicted molar refractivity (Wildman–Crippen MR) is 82.8 cm³/mol. The molecule has 1 aromatic carbocycles. The Morgan fingerprint density at radius 1 is 1.10 bits per heavy atom. The summed E-state index contributed by atoms with van der Waals surface area (Å²) in [6, 6.07) is 13.7. The molecule has 1 fully saturated rings. The molecule has 1 aromatic heterocycles. The van der Waals surface area contributed by atoms with Gasteiger partial charge in [0.15, 0.2) is 0 Å². The van der Waals surface area contributed by atoms with Gasteiger partial charge in [-0.25, -0.2) is 0 Å². The van der Waals surface area contributed by atoms with Crippen molar-refractivity contribution in [2.45, 2.75) is 45.2 Å². The summed E-state index contributed by atoms with van der Waals surface area (Å²) >= 11 is 0. The Morgan fingerprint density at radius 2 is 1.85 bits per heavy atom. The Morgan fingerprint density at radius 3 is 2.55 bits per heavy atom. The number of benzene rings is 1. The number of nitrogens with one attached hydrogen (secondary N) is 1. The summed E-state index contributed by atoms with van der Waals surface area (Å²) in [5.41, 5.74) is 5.27. The summed E-state index contributed by atoms with van der Waals surface area (Å²) in [5.74, 6) is 0.734. The maximum Gasteiger partial charge on any atom is 0.0570 e. The summed E-state index contributed by atoms with van der Waals surface area (Å²) in [4.78, 5) is 4.43. The first-order chi connectivity index (χ1) is 9.72. The number of hydrogen-bond acceptors (Lipinski definition) is 2. The van der Waals surface area contributed by atoms with Crippen molar-refractivity contribution in [3.63, 3.8) is 0 Å². The lowest BCUT2D eigenvalue weighted by Gasteiger charge is -2.36. The van der Waals surface area contributed by atoms with Crippen LogP contribution in [0.25, 0.3) is 0 Å². The number of pyridine rings is 1. The molecule has 104 valence electrons. The molecule has 1 heterocycles. The van der Waals surface area contributed by atoms with E-state index in [-0.39, 0.29) is 0 Å². The van der Waals surface area contributed by atoms with Gasteiger partial charge < -0.3 is 5.32 Å². The lowest BCUT2D eigenvalue weighted by atomic mass is 9.75. The molecular formula is C18H22N2. The van der Waals surface area contributed by atoms with Gasteiger partial charge in [-0.15, -0.1) is 0 Å². The van der Waals surface area contributed by atoms with Gasteiger partial charge in [0.1, 0.15) is 0 Å². The molecule has 0 radical (unpaired) electrons. The first-order valence-corrected chi connectivity index (χ1v) is 7.43. The predicted octanol–water partition coefficient (Wildman–Crippen LogP) is 3.73. The molecule has 2 heteroatoms. The number of aromatic nitrogens is 1. The first kappa shape index (κ1) is 13.3. The van der Waals surface area contributed by atoms with Crippen LogP contribution in [0.1, 0.15) is 41.1 Å². The van der Waals surface area contributed by atoms with Crippen molar-refractivity contribution < 1.29 is 0 Å². The highest BCUT2D eigenvalue weighted by Gasteiger charge is 2.29. The Kier molecular flexibility index (Phi) is 3.83. The molecule has 0 amide bonds. The van der Waals surface area contributed by atoms with Crippen LogP contribution in [-0.4, -0.2) is 11.0 Å². The zero-order chi connectivity index (χ0) is 13.9. The minimum Gasteiger partial charge on any atom is -0.308 e. The van der Waals surface area contributed by atoms with E-state index in [1.807, 2.05) is 12.3 Å². The average Bonchev–Trinajstić information content (AvgIpc) is 2.41. The molecule has 0 aliphatic heterocycles. The van der Waals surface area contributed by atoms with Crippen LogP contribution in [0.5, 0.6) is 0 Å². The summed E-state index contributed by atoms with van der Waals surface area (Å²) < 4.78 is 0. The fourth-order valence-corrected chi connectivity index (χ4v) is 2.84. The van der Waals surface area contributed by atoms with Crippen molar-refractivity contribution in [1.82, 2.24) is 10.3 Å². The molecule has 20 heavy (non-hydrogen) atoms. The lowest BCUT2D eigenvalue weighted by molar-refractivity contribution is 0.288. The standard InChI is InChI=1S/C18H22N2/c1-13-5-7-15(8-6-13)16-10-17(11-16)20-12-18-14(2)4-3-9-19-18/h3-9,16-17,20H,10-12H2,1-2H3. The Hall–Kier alpha value is -1.67. The van der Waals surface area contributed by atoms with Crippen LogP contribution in [0, 0.1) is 13.8 Å². The zero-order valence-electron chi connectivity index (χ0n) is 12.3. The SMILES string of the molecule is Cc1ccc(C2CC(NCc3ncccc3C)C2)cc1. The van der Waals surface area contributed by atoms with E-state index in [2.05, 4.69) is 54.5 Å². The maximum absolute atomic E-state index is 4.43. The molecule has 0 bridgehead atoms. The van der Waals surface area contributed by atoms with Crippen molar-refractivity contribution in [2.75, 3.05) is 0 Å². The Balaban J connectivity index is 1.49. The van der Waals surface area contributed by atoms with Crippen molar-refractivity contribution >= 4 is 0 Å². The third-order valence-corrected chi connectivity index (χ3v) is 4.36. The highest BCUT2D eigenvalue weighted by atomic mass is 14.9. The van der Waals surface area contributed by atoms with E-state index in [9.17, 15) is 0 Å². The lowest BCUT2D eigenvalue weighted by Crippen LogP contribution is -2.39. The molecular weight excluding hydrogens is 244 g/mol. The van der Waals surface area contributed by atoms with E-state index in [1.54, 1.807) is 0 Å². The number of hydrogen-bond donors (Lipinski definition) is 1. The van der Waals surface area contributed by atoms with Gasteiger partial charge >= 0.3 is 0 Å². The summed E-state index contributed by atoms with van der Waals surface area (Å²) in [6.45, 7) is 5.15. The van der Waals surface area contributed by atoms with Gasteiger partial charge in [-0.05, 0) is 49.8 Å². The molecule has 0 atom stereocenters. The molecule has 0 saturated heterocycles. The van der Waals surface area contributed by atoms with E-state index in [1.165, 1.54) is 35.2 Å². The minimum atomic E-state index is 0.641. The smallest absolute Gasteiger partial charge is 0.0570 e. The molecule has 1 aliphatic rings. The fraction of sp³-hybridized carbons (Fsp3) is 0.389. The molecule has 0 spiro atoms. The van der Waals surface area contributed by atoms with Gasteiger partial charge in [0.25, 0.3) is 0 Å². The highest BCUT2D eigenvalue weighted by molar-refractivity contribution is 5.27. The molecule has 0 unspecified atom stereocenters.